The summed E-state index contributed by atoms with van der Waals surface area (Å²) in [6, 6.07) is 21.3. The van der Waals surface area contributed by atoms with Gasteiger partial charge in [0, 0.05) is 6.54 Å². The zero-order chi connectivity index (χ0) is 20.3. The summed E-state index contributed by atoms with van der Waals surface area (Å²) in [6.07, 6.45) is 10.1. The van der Waals surface area contributed by atoms with E-state index in [1.807, 2.05) is 0 Å². The van der Waals surface area contributed by atoms with Crippen LogP contribution in [0.4, 0.5) is 0 Å². The van der Waals surface area contributed by atoms with E-state index in [0.717, 1.165) is 38.9 Å². The predicted molar refractivity (Wildman–Crippen MR) is 120 cm³/mol. The molecule has 0 aliphatic carbocycles. The molecule has 1 fully saturated rings. The highest BCUT2D eigenvalue weighted by Gasteiger charge is 2.24. The van der Waals surface area contributed by atoms with Crippen LogP contribution in [0.25, 0.3) is 5.57 Å². The Morgan fingerprint density at radius 2 is 1.55 bits per heavy atom. The minimum absolute atomic E-state index is 0.164. The third-order valence-corrected chi connectivity index (χ3v) is 5.80. The highest BCUT2D eigenvalue weighted by molar-refractivity contribution is 5.79. The summed E-state index contributed by atoms with van der Waals surface area (Å²) in [5.41, 5.74) is 3.87. The van der Waals surface area contributed by atoms with E-state index in [2.05, 4.69) is 71.6 Å². The lowest BCUT2D eigenvalue weighted by molar-refractivity contribution is -0.143. The van der Waals surface area contributed by atoms with E-state index in [1.165, 1.54) is 42.4 Å². The zero-order valence-electron chi connectivity index (χ0n) is 17.3. The van der Waals surface area contributed by atoms with E-state index in [1.54, 1.807) is 0 Å². The highest BCUT2D eigenvalue weighted by Crippen LogP contribution is 2.24. The second-order valence-electron chi connectivity index (χ2n) is 8.03. The molecule has 2 aromatic rings. The van der Waals surface area contributed by atoms with Crippen molar-refractivity contribution in [2.24, 2.45) is 5.92 Å². The van der Waals surface area contributed by atoms with Crippen LogP contribution in [0.3, 0.4) is 0 Å². The van der Waals surface area contributed by atoms with Crippen LogP contribution >= 0.6 is 0 Å². The van der Waals surface area contributed by atoms with Gasteiger partial charge in [0.25, 0.3) is 0 Å². The van der Waals surface area contributed by atoms with Gasteiger partial charge in [0.1, 0.15) is 0 Å². The maximum absolute atomic E-state index is 11.2. The number of rotatable bonds is 10. The van der Waals surface area contributed by atoms with Gasteiger partial charge in [0.2, 0.25) is 0 Å². The van der Waals surface area contributed by atoms with Crippen molar-refractivity contribution in [3.63, 3.8) is 0 Å². The number of carbonyl (C=O) groups is 1. The van der Waals surface area contributed by atoms with Crippen molar-refractivity contribution < 1.29 is 9.90 Å². The number of allylic oxidation sites excluding steroid dienone is 1. The van der Waals surface area contributed by atoms with Crippen LogP contribution in [0.5, 0.6) is 0 Å². The van der Waals surface area contributed by atoms with E-state index in [4.69, 9.17) is 0 Å². The molecular weight excluding hydrogens is 358 g/mol. The lowest BCUT2D eigenvalue weighted by Gasteiger charge is -2.30. The Kier molecular flexibility index (Phi) is 8.51. The zero-order valence-corrected chi connectivity index (χ0v) is 17.3. The van der Waals surface area contributed by atoms with Gasteiger partial charge >= 0.3 is 5.97 Å². The van der Waals surface area contributed by atoms with E-state index in [9.17, 15) is 9.90 Å². The van der Waals surface area contributed by atoms with Crippen molar-refractivity contribution in [2.75, 3.05) is 19.6 Å². The smallest absolute Gasteiger partial charge is 0.307 e. The third-order valence-electron chi connectivity index (χ3n) is 5.80. The molecule has 0 spiro atoms. The normalized spacial score (nSPS) is 17.0. The van der Waals surface area contributed by atoms with Crippen molar-refractivity contribution in [1.29, 1.82) is 0 Å². The van der Waals surface area contributed by atoms with Crippen molar-refractivity contribution >= 4 is 11.5 Å². The van der Waals surface area contributed by atoms with E-state index >= 15 is 0 Å². The number of carboxylic acid groups (broad SMARTS) is 1. The molecule has 1 saturated heterocycles. The number of nitrogens with zero attached hydrogens (tertiary/aromatic N) is 1. The first kappa shape index (κ1) is 21.3. The summed E-state index contributed by atoms with van der Waals surface area (Å²) in [6.45, 7) is 2.83. The Balaban J connectivity index is 1.42. The molecule has 1 heterocycles. The molecular formula is C26H33NO2. The fourth-order valence-electron chi connectivity index (χ4n) is 4.18. The van der Waals surface area contributed by atoms with Crippen LogP contribution in [-0.2, 0) is 4.79 Å². The average Bonchev–Trinajstić information content (AvgIpc) is 2.77. The van der Waals surface area contributed by atoms with Gasteiger partial charge in [-0.05, 0) is 61.9 Å². The van der Waals surface area contributed by atoms with Crippen LogP contribution in [0.2, 0.25) is 0 Å². The second-order valence-corrected chi connectivity index (χ2v) is 8.03. The maximum Gasteiger partial charge on any atom is 0.307 e. The number of unbranched alkanes of at least 4 members (excludes halogenated alkanes) is 4. The number of hydrogen-bond donors (Lipinski definition) is 1. The fraction of sp³-hybridized carbons (Fsp3) is 0.423. The SMILES string of the molecule is O=C(O)[C@@H]1CCCN(CCCCCCC=C(c2ccccc2)c2ccccc2)C1. The van der Waals surface area contributed by atoms with Gasteiger partial charge in [-0.25, -0.2) is 0 Å². The molecule has 1 aliphatic heterocycles. The molecule has 0 amide bonds. The van der Waals surface area contributed by atoms with Crippen molar-refractivity contribution in [3.05, 3.63) is 77.9 Å². The minimum atomic E-state index is -0.630. The summed E-state index contributed by atoms with van der Waals surface area (Å²) >= 11 is 0. The number of benzene rings is 2. The van der Waals surface area contributed by atoms with Gasteiger partial charge < -0.3 is 10.0 Å². The molecule has 0 unspecified atom stereocenters. The van der Waals surface area contributed by atoms with Crippen LogP contribution in [0, 0.1) is 5.92 Å². The standard InChI is InChI=1S/C26H33NO2/c28-26(29)24-17-12-20-27(21-24)19-11-3-1-2-10-18-25(22-13-6-4-7-14-22)23-15-8-5-9-16-23/h4-9,13-16,18,24H,1-3,10-12,17,19-21H2,(H,28,29)/t24-/m1/s1. The maximum atomic E-state index is 11.2. The van der Waals surface area contributed by atoms with Gasteiger partial charge in [0.05, 0.1) is 5.92 Å². The molecule has 0 aromatic heterocycles. The molecule has 1 atom stereocenters. The van der Waals surface area contributed by atoms with Crippen molar-refractivity contribution in [3.8, 4) is 0 Å². The molecule has 3 heteroatoms. The first-order chi connectivity index (χ1) is 14.2. The van der Waals surface area contributed by atoms with Gasteiger partial charge in [-0.3, -0.25) is 4.79 Å². The van der Waals surface area contributed by atoms with E-state index in [-0.39, 0.29) is 5.92 Å². The molecule has 0 radical (unpaired) electrons. The summed E-state index contributed by atoms with van der Waals surface area (Å²) in [5.74, 6) is -0.794. The number of piperidine rings is 1. The summed E-state index contributed by atoms with van der Waals surface area (Å²) in [4.78, 5) is 13.5. The third kappa shape index (κ3) is 6.86. The highest BCUT2D eigenvalue weighted by atomic mass is 16.4. The fourth-order valence-corrected chi connectivity index (χ4v) is 4.18. The first-order valence-electron chi connectivity index (χ1n) is 11.0. The molecule has 1 N–H and O–H groups in total. The Hall–Kier alpha value is -2.39. The van der Waals surface area contributed by atoms with Crippen LogP contribution < -0.4 is 0 Å². The summed E-state index contributed by atoms with van der Waals surface area (Å²) < 4.78 is 0. The Bertz CT molecular complexity index is 728. The van der Waals surface area contributed by atoms with Gasteiger partial charge in [0.15, 0.2) is 0 Å². The van der Waals surface area contributed by atoms with Crippen LogP contribution in [0.1, 0.15) is 56.1 Å². The number of hydrogen-bond acceptors (Lipinski definition) is 2. The lowest BCUT2D eigenvalue weighted by atomic mass is 9.96. The lowest BCUT2D eigenvalue weighted by Crippen LogP contribution is -2.39. The first-order valence-corrected chi connectivity index (χ1v) is 11.0. The Morgan fingerprint density at radius 3 is 2.17 bits per heavy atom. The van der Waals surface area contributed by atoms with Crippen molar-refractivity contribution in [2.45, 2.75) is 44.9 Å². The number of likely N-dealkylation sites (tertiary alicyclic amines) is 1. The number of aliphatic carboxylic acids is 1. The molecule has 2 aromatic carbocycles. The van der Waals surface area contributed by atoms with Crippen LogP contribution in [-0.4, -0.2) is 35.6 Å². The molecule has 29 heavy (non-hydrogen) atoms. The largest absolute Gasteiger partial charge is 0.481 e. The molecule has 1 aliphatic rings. The molecule has 154 valence electrons. The Labute approximate surface area is 175 Å². The monoisotopic (exact) mass is 391 g/mol. The topological polar surface area (TPSA) is 40.5 Å². The molecule has 3 nitrogen and oxygen atoms in total. The van der Waals surface area contributed by atoms with Gasteiger partial charge in [-0.2, -0.15) is 0 Å². The van der Waals surface area contributed by atoms with Gasteiger partial charge in [-0.1, -0.05) is 79.6 Å². The van der Waals surface area contributed by atoms with E-state index in [0.29, 0.717) is 0 Å². The average molecular weight is 392 g/mol. The molecule has 0 bridgehead atoms. The number of carboxylic acids is 1. The van der Waals surface area contributed by atoms with Crippen LogP contribution in [0.15, 0.2) is 66.7 Å². The summed E-state index contributed by atoms with van der Waals surface area (Å²) in [7, 11) is 0. The van der Waals surface area contributed by atoms with Gasteiger partial charge in [-0.15, -0.1) is 0 Å². The Morgan fingerprint density at radius 1 is 0.931 bits per heavy atom. The predicted octanol–water partition coefficient (Wildman–Crippen LogP) is 5.87. The minimum Gasteiger partial charge on any atom is -0.481 e. The quantitative estimate of drug-likeness (QED) is 0.515. The van der Waals surface area contributed by atoms with Crippen molar-refractivity contribution in [1.82, 2.24) is 4.90 Å². The second kappa shape index (κ2) is 11.6. The molecule has 0 saturated carbocycles. The molecule has 3 rings (SSSR count). The summed E-state index contributed by atoms with van der Waals surface area (Å²) in [5, 5.41) is 9.20. The van der Waals surface area contributed by atoms with E-state index < -0.39 is 5.97 Å².